The number of rotatable bonds is 5. The lowest BCUT2D eigenvalue weighted by atomic mass is 9.53. The fourth-order valence-electron chi connectivity index (χ4n) is 7.19. The highest BCUT2D eigenvalue weighted by Crippen LogP contribution is 2.52. The molecule has 5 rings (SSSR count). The standard InChI is InChI=1S/C28H35N3O7/c1-31(2)18-11-17(30-12-13-6-4-3-5-7-13)23(33)21-16(18)9-14-8-15-10-19(32)22(27(29)37)26(36)28(15,38)25(35)20(14)24(21)34/h11,13-15,20,22,30,33,38H,3-10,12H2,1-2H3,(H2,29,37)/t14-,15+,20?,22?,28+/m1/s1. The van der Waals surface area contributed by atoms with E-state index in [1.165, 1.54) is 19.3 Å². The highest BCUT2D eigenvalue weighted by molar-refractivity contribution is 6.31. The molecule has 3 saturated carbocycles. The van der Waals surface area contributed by atoms with Crippen molar-refractivity contribution in [1.29, 1.82) is 0 Å². The van der Waals surface area contributed by atoms with Gasteiger partial charge in [0.25, 0.3) is 0 Å². The molecule has 0 radical (unpaired) electrons. The lowest BCUT2D eigenvalue weighted by Gasteiger charge is -2.48. The Labute approximate surface area is 220 Å². The lowest BCUT2D eigenvalue weighted by molar-refractivity contribution is -0.175. The van der Waals surface area contributed by atoms with Gasteiger partial charge in [0.05, 0.1) is 17.2 Å². The summed E-state index contributed by atoms with van der Waals surface area (Å²) in [5.41, 5.74) is 4.36. The van der Waals surface area contributed by atoms with Gasteiger partial charge in [-0.15, -0.1) is 0 Å². The van der Waals surface area contributed by atoms with Gasteiger partial charge < -0.3 is 26.2 Å². The number of ketones is 4. The van der Waals surface area contributed by atoms with E-state index in [1.54, 1.807) is 0 Å². The van der Waals surface area contributed by atoms with E-state index in [2.05, 4.69) is 5.32 Å². The molecule has 0 saturated heterocycles. The van der Waals surface area contributed by atoms with Crippen LogP contribution in [-0.2, 0) is 25.6 Å². The van der Waals surface area contributed by atoms with Gasteiger partial charge in [0, 0.05) is 38.7 Å². The third-order valence-corrected chi connectivity index (χ3v) is 9.17. The average Bonchev–Trinajstić information content (AvgIpc) is 2.86. The van der Waals surface area contributed by atoms with E-state index in [-0.39, 0.29) is 30.6 Å². The smallest absolute Gasteiger partial charge is 0.235 e. The van der Waals surface area contributed by atoms with Crippen LogP contribution in [0.4, 0.5) is 11.4 Å². The topological polar surface area (TPSA) is 167 Å². The molecule has 10 nitrogen and oxygen atoms in total. The van der Waals surface area contributed by atoms with Crippen molar-refractivity contribution in [1.82, 2.24) is 0 Å². The number of aromatic hydroxyl groups is 1. The normalized spacial score (nSPS) is 31.3. The van der Waals surface area contributed by atoms with Crippen molar-refractivity contribution in [2.75, 3.05) is 30.9 Å². The highest BCUT2D eigenvalue weighted by Gasteiger charge is 2.66. The SMILES string of the molecule is CN(C)c1cc(NCC2CCCCC2)c(O)c2c1C[C@H]1C[C@H]3CC(=O)C(C(N)=O)C(=O)[C@@]3(O)C(=O)C1C2=O. The first-order valence-electron chi connectivity index (χ1n) is 13.4. The summed E-state index contributed by atoms with van der Waals surface area (Å²) in [6.07, 6.45) is 5.74. The Morgan fingerprint density at radius 1 is 1.11 bits per heavy atom. The minimum atomic E-state index is -2.64. The predicted molar refractivity (Wildman–Crippen MR) is 138 cm³/mol. The molecule has 4 aliphatic rings. The summed E-state index contributed by atoms with van der Waals surface area (Å²) in [6, 6.07) is 1.82. The number of nitrogens with two attached hydrogens (primary N) is 1. The molecular weight excluding hydrogens is 490 g/mol. The number of amides is 1. The summed E-state index contributed by atoms with van der Waals surface area (Å²) < 4.78 is 0. The molecule has 0 aromatic heterocycles. The molecule has 2 unspecified atom stereocenters. The second-order valence-electron chi connectivity index (χ2n) is 11.7. The maximum absolute atomic E-state index is 13.9. The molecule has 38 heavy (non-hydrogen) atoms. The number of hydrogen-bond donors (Lipinski definition) is 4. The maximum Gasteiger partial charge on any atom is 0.235 e. The third-order valence-electron chi connectivity index (χ3n) is 9.17. The first kappa shape index (κ1) is 26.3. The van der Waals surface area contributed by atoms with E-state index < -0.39 is 58.3 Å². The minimum Gasteiger partial charge on any atom is -0.505 e. The zero-order valence-corrected chi connectivity index (χ0v) is 21.8. The summed E-state index contributed by atoms with van der Waals surface area (Å²) in [4.78, 5) is 66.9. The summed E-state index contributed by atoms with van der Waals surface area (Å²) in [7, 11) is 3.67. The molecule has 1 aromatic rings. The molecule has 5 N–H and O–H groups in total. The molecule has 3 fully saturated rings. The van der Waals surface area contributed by atoms with Gasteiger partial charge in [0.15, 0.2) is 34.7 Å². The Morgan fingerprint density at radius 3 is 2.42 bits per heavy atom. The molecule has 10 heteroatoms. The molecule has 4 aliphatic carbocycles. The lowest BCUT2D eigenvalue weighted by Crippen LogP contribution is -2.68. The molecule has 1 aromatic carbocycles. The second-order valence-corrected chi connectivity index (χ2v) is 11.7. The number of hydrogen-bond acceptors (Lipinski definition) is 9. The van der Waals surface area contributed by atoms with Crippen LogP contribution in [0.3, 0.4) is 0 Å². The summed E-state index contributed by atoms with van der Waals surface area (Å²) in [6.45, 7) is 0.650. The van der Waals surface area contributed by atoms with Crippen LogP contribution < -0.4 is 16.0 Å². The quantitative estimate of drug-likeness (QED) is 0.328. The number of phenolic OH excluding ortho intramolecular Hbond substituents is 1. The first-order valence-corrected chi connectivity index (χ1v) is 13.4. The van der Waals surface area contributed by atoms with E-state index in [4.69, 9.17) is 5.73 Å². The predicted octanol–water partition coefficient (Wildman–Crippen LogP) is 1.39. The summed E-state index contributed by atoms with van der Waals surface area (Å²) >= 11 is 0. The maximum atomic E-state index is 13.9. The number of phenols is 1. The number of nitrogens with zero attached hydrogens (tertiary/aromatic N) is 1. The summed E-state index contributed by atoms with van der Waals surface area (Å²) in [5, 5.41) is 25.9. The van der Waals surface area contributed by atoms with E-state index in [9.17, 15) is 34.2 Å². The van der Waals surface area contributed by atoms with Crippen LogP contribution in [0.5, 0.6) is 5.75 Å². The van der Waals surface area contributed by atoms with Crippen molar-refractivity contribution in [2.24, 2.45) is 35.3 Å². The van der Waals surface area contributed by atoms with Gasteiger partial charge in [0.1, 0.15) is 5.75 Å². The number of carbonyl (C=O) groups is 5. The molecule has 0 bridgehead atoms. The van der Waals surface area contributed by atoms with Gasteiger partial charge in [-0.1, -0.05) is 19.3 Å². The van der Waals surface area contributed by atoms with Gasteiger partial charge in [-0.2, -0.15) is 0 Å². The van der Waals surface area contributed by atoms with Crippen molar-refractivity contribution >= 4 is 40.4 Å². The number of aliphatic hydroxyl groups is 1. The monoisotopic (exact) mass is 525 g/mol. The van der Waals surface area contributed by atoms with Crippen molar-refractivity contribution in [3.05, 3.63) is 17.2 Å². The van der Waals surface area contributed by atoms with Crippen molar-refractivity contribution in [3.63, 3.8) is 0 Å². The zero-order chi connectivity index (χ0) is 27.5. The number of primary amides is 1. The van der Waals surface area contributed by atoms with Gasteiger partial charge in [0.2, 0.25) is 5.91 Å². The molecule has 0 aliphatic heterocycles. The van der Waals surface area contributed by atoms with E-state index >= 15 is 0 Å². The minimum absolute atomic E-state index is 0.0183. The van der Waals surface area contributed by atoms with Crippen molar-refractivity contribution in [3.8, 4) is 5.75 Å². The molecular formula is C28H35N3O7. The number of carbonyl (C=O) groups excluding carboxylic acids is 5. The number of Topliss-reactive ketones (excluding diaryl/α,β-unsaturated/α-hetero) is 4. The molecule has 5 atom stereocenters. The fraction of sp³-hybridized carbons (Fsp3) is 0.607. The number of nitrogens with one attached hydrogen (secondary N) is 1. The fourth-order valence-corrected chi connectivity index (χ4v) is 7.19. The van der Waals surface area contributed by atoms with E-state index in [1.807, 2.05) is 25.1 Å². The van der Waals surface area contributed by atoms with Crippen molar-refractivity contribution < 1.29 is 34.2 Å². The summed E-state index contributed by atoms with van der Waals surface area (Å²) in [5.74, 6) is -9.49. The van der Waals surface area contributed by atoms with E-state index in [0.29, 0.717) is 23.7 Å². The van der Waals surface area contributed by atoms with Crippen LogP contribution in [0.2, 0.25) is 0 Å². The van der Waals surface area contributed by atoms with Gasteiger partial charge >= 0.3 is 0 Å². The van der Waals surface area contributed by atoms with Crippen LogP contribution in [0, 0.1) is 29.6 Å². The molecule has 204 valence electrons. The largest absolute Gasteiger partial charge is 0.505 e. The molecule has 0 heterocycles. The second kappa shape index (κ2) is 9.48. The average molecular weight is 526 g/mol. The van der Waals surface area contributed by atoms with E-state index in [0.717, 1.165) is 18.5 Å². The van der Waals surface area contributed by atoms with Crippen molar-refractivity contribution in [2.45, 2.75) is 57.0 Å². The van der Waals surface area contributed by atoms with Gasteiger partial charge in [-0.05, 0) is 49.1 Å². The Bertz CT molecular complexity index is 1240. The van der Waals surface area contributed by atoms with Crippen LogP contribution in [0.1, 0.15) is 60.9 Å². The number of anilines is 2. The first-order chi connectivity index (χ1) is 18.0. The Kier molecular flexibility index (Phi) is 6.57. The Morgan fingerprint density at radius 2 is 1.79 bits per heavy atom. The van der Waals surface area contributed by atoms with Crippen LogP contribution in [0.25, 0.3) is 0 Å². The Balaban J connectivity index is 1.53. The number of fused-ring (bicyclic) bond motifs is 3. The Hall–Kier alpha value is -3.27. The highest BCUT2D eigenvalue weighted by atomic mass is 16.3. The molecule has 1 amide bonds. The molecule has 0 spiro atoms. The zero-order valence-electron chi connectivity index (χ0n) is 21.8. The third kappa shape index (κ3) is 3.92. The van der Waals surface area contributed by atoms with Gasteiger partial charge in [-0.25, -0.2) is 0 Å². The van der Waals surface area contributed by atoms with Gasteiger partial charge in [-0.3, -0.25) is 24.0 Å². The van der Waals surface area contributed by atoms with Crippen LogP contribution >= 0.6 is 0 Å². The number of benzene rings is 1. The van der Waals surface area contributed by atoms with Crippen LogP contribution in [-0.4, -0.2) is 65.5 Å². The van der Waals surface area contributed by atoms with Crippen LogP contribution in [0.15, 0.2) is 6.07 Å².